The van der Waals surface area contributed by atoms with E-state index >= 15 is 0 Å². The summed E-state index contributed by atoms with van der Waals surface area (Å²) in [4.78, 5) is 2.24. The van der Waals surface area contributed by atoms with Crippen LogP contribution in [0.4, 0.5) is 0 Å². The van der Waals surface area contributed by atoms with Gasteiger partial charge in [0.05, 0.1) is 7.11 Å². The molecule has 2 nitrogen and oxygen atoms in total. The van der Waals surface area contributed by atoms with Crippen molar-refractivity contribution in [3.8, 4) is 5.75 Å². The normalized spacial score (nSPS) is 12.9. The Morgan fingerprint density at radius 1 is 1.21 bits per heavy atom. The monoisotopic (exact) mass is 193 g/mol. The zero-order chi connectivity index (χ0) is 10.6. The molecule has 1 rings (SSSR count). The molecule has 1 aromatic rings. The molecule has 0 bridgehead atoms. The van der Waals surface area contributed by atoms with Gasteiger partial charge in [-0.1, -0.05) is 19.1 Å². The summed E-state index contributed by atoms with van der Waals surface area (Å²) < 4.78 is 5.13. The lowest BCUT2D eigenvalue weighted by atomic mass is 10.0. The molecule has 0 amide bonds. The third-order valence-corrected chi connectivity index (χ3v) is 2.51. The van der Waals surface area contributed by atoms with Gasteiger partial charge in [0, 0.05) is 6.04 Å². The largest absolute Gasteiger partial charge is 0.497 e. The van der Waals surface area contributed by atoms with E-state index in [-0.39, 0.29) is 0 Å². The van der Waals surface area contributed by atoms with E-state index in [1.54, 1.807) is 7.11 Å². The molecule has 2 heteroatoms. The summed E-state index contributed by atoms with van der Waals surface area (Å²) in [5, 5.41) is 0. The Bertz CT molecular complexity index is 266. The van der Waals surface area contributed by atoms with E-state index < -0.39 is 0 Å². The third-order valence-electron chi connectivity index (χ3n) is 2.51. The molecule has 0 aliphatic rings. The SMILES string of the molecule is CCC(c1ccc(OC)cc1)N(C)C. The Hall–Kier alpha value is -1.02. The van der Waals surface area contributed by atoms with Gasteiger partial charge in [-0.15, -0.1) is 0 Å². The van der Waals surface area contributed by atoms with Crippen molar-refractivity contribution in [3.05, 3.63) is 29.8 Å². The van der Waals surface area contributed by atoms with Gasteiger partial charge in [0.25, 0.3) is 0 Å². The fourth-order valence-corrected chi connectivity index (χ4v) is 1.73. The summed E-state index contributed by atoms with van der Waals surface area (Å²) in [6.45, 7) is 2.20. The first-order valence-electron chi connectivity index (χ1n) is 4.99. The van der Waals surface area contributed by atoms with E-state index in [9.17, 15) is 0 Å². The van der Waals surface area contributed by atoms with E-state index in [4.69, 9.17) is 4.74 Å². The molecule has 0 N–H and O–H groups in total. The van der Waals surface area contributed by atoms with Crippen LogP contribution in [0.25, 0.3) is 0 Å². The van der Waals surface area contributed by atoms with Gasteiger partial charge >= 0.3 is 0 Å². The molecule has 0 heterocycles. The number of rotatable bonds is 4. The Kier molecular flexibility index (Phi) is 3.96. The summed E-state index contributed by atoms with van der Waals surface area (Å²) in [6.07, 6.45) is 1.12. The van der Waals surface area contributed by atoms with Gasteiger partial charge in [0.2, 0.25) is 0 Å². The molecule has 1 atom stereocenters. The highest BCUT2D eigenvalue weighted by atomic mass is 16.5. The maximum Gasteiger partial charge on any atom is 0.118 e. The number of ether oxygens (including phenoxy) is 1. The summed E-state index contributed by atoms with van der Waals surface area (Å²) in [5.41, 5.74) is 1.35. The average Bonchev–Trinajstić information content (AvgIpc) is 2.19. The van der Waals surface area contributed by atoms with Crippen LogP contribution in [0.2, 0.25) is 0 Å². The van der Waals surface area contributed by atoms with Crippen molar-refractivity contribution in [1.82, 2.24) is 4.90 Å². The minimum atomic E-state index is 0.501. The van der Waals surface area contributed by atoms with Crippen molar-refractivity contribution in [1.29, 1.82) is 0 Å². The molecule has 14 heavy (non-hydrogen) atoms. The highest BCUT2D eigenvalue weighted by Gasteiger charge is 2.10. The predicted molar refractivity (Wildman–Crippen MR) is 59.7 cm³/mol. The molecule has 1 aromatic carbocycles. The lowest BCUT2D eigenvalue weighted by Gasteiger charge is -2.23. The highest BCUT2D eigenvalue weighted by Crippen LogP contribution is 2.23. The van der Waals surface area contributed by atoms with E-state index in [0.717, 1.165) is 12.2 Å². The van der Waals surface area contributed by atoms with Gasteiger partial charge in [-0.25, -0.2) is 0 Å². The standard InChI is InChI=1S/C12H19NO/c1-5-12(13(2)3)10-6-8-11(14-4)9-7-10/h6-9,12H,5H2,1-4H3. The molecule has 0 saturated heterocycles. The lowest BCUT2D eigenvalue weighted by molar-refractivity contribution is 0.291. The van der Waals surface area contributed by atoms with Gasteiger partial charge in [0.1, 0.15) is 5.75 Å². The zero-order valence-corrected chi connectivity index (χ0v) is 9.45. The Morgan fingerprint density at radius 3 is 2.14 bits per heavy atom. The second-order valence-corrected chi connectivity index (χ2v) is 3.66. The maximum atomic E-state index is 5.13. The van der Waals surface area contributed by atoms with Gasteiger partial charge in [0.15, 0.2) is 0 Å². The van der Waals surface area contributed by atoms with Crippen LogP contribution < -0.4 is 4.74 Å². The van der Waals surface area contributed by atoms with Crippen LogP contribution in [0.3, 0.4) is 0 Å². The second kappa shape index (κ2) is 5.01. The fourth-order valence-electron chi connectivity index (χ4n) is 1.73. The zero-order valence-electron chi connectivity index (χ0n) is 9.45. The van der Waals surface area contributed by atoms with Crippen LogP contribution in [0.15, 0.2) is 24.3 Å². The summed E-state index contributed by atoms with van der Waals surface area (Å²) >= 11 is 0. The Balaban J connectivity index is 2.84. The molecule has 0 aliphatic heterocycles. The van der Waals surface area contributed by atoms with Crippen molar-refractivity contribution in [3.63, 3.8) is 0 Å². The smallest absolute Gasteiger partial charge is 0.118 e. The van der Waals surface area contributed by atoms with Crippen LogP contribution in [0.1, 0.15) is 24.9 Å². The maximum absolute atomic E-state index is 5.13. The first kappa shape index (κ1) is 11.1. The van der Waals surface area contributed by atoms with E-state index in [0.29, 0.717) is 6.04 Å². The quantitative estimate of drug-likeness (QED) is 0.729. The Morgan fingerprint density at radius 2 is 1.79 bits per heavy atom. The molecule has 0 aliphatic carbocycles. The van der Waals surface area contributed by atoms with E-state index in [1.807, 2.05) is 12.1 Å². The molecule has 78 valence electrons. The fraction of sp³-hybridized carbons (Fsp3) is 0.500. The summed E-state index contributed by atoms with van der Waals surface area (Å²) in [7, 11) is 5.91. The minimum Gasteiger partial charge on any atom is -0.497 e. The first-order valence-corrected chi connectivity index (χ1v) is 4.99. The van der Waals surface area contributed by atoms with Crippen LogP contribution in [0, 0.1) is 0 Å². The number of nitrogens with zero attached hydrogens (tertiary/aromatic N) is 1. The van der Waals surface area contributed by atoms with Gasteiger partial charge < -0.3 is 9.64 Å². The number of hydrogen-bond donors (Lipinski definition) is 0. The Labute approximate surface area is 86.5 Å². The first-order chi connectivity index (χ1) is 6.69. The molecular formula is C12H19NO. The highest BCUT2D eigenvalue weighted by molar-refractivity contribution is 5.29. The molecule has 0 aromatic heterocycles. The van der Waals surface area contributed by atoms with Crippen LogP contribution in [0.5, 0.6) is 5.75 Å². The van der Waals surface area contributed by atoms with E-state index in [1.165, 1.54) is 5.56 Å². The molecule has 0 fully saturated rings. The predicted octanol–water partition coefficient (Wildman–Crippen LogP) is 2.71. The molecule has 0 spiro atoms. The van der Waals surface area contributed by atoms with Gasteiger partial charge in [-0.2, -0.15) is 0 Å². The molecular weight excluding hydrogens is 174 g/mol. The third kappa shape index (κ3) is 2.48. The summed E-state index contributed by atoms with van der Waals surface area (Å²) in [5.74, 6) is 0.919. The van der Waals surface area contributed by atoms with Crippen molar-refractivity contribution >= 4 is 0 Å². The lowest BCUT2D eigenvalue weighted by Crippen LogP contribution is -2.18. The van der Waals surface area contributed by atoms with Crippen molar-refractivity contribution < 1.29 is 4.74 Å². The number of methoxy groups -OCH3 is 1. The molecule has 1 unspecified atom stereocenters. The number of benzene rings is 1. The minimum absolute atomic E-state index is 0.501. The second-order valence-electron chi connectivity index (χ2n) is 3.66. The molecule has 0 saturated carbocycles. The summed E-state index contributed by atoms with van der Waals surface area (Å²) in [6, 6.07) is 8.80. The number of hydrogen-bond acceptors (Lipinski definition) is 2. The van der Waals surface area contributed by atoms with Gasteiger partial charge in [-0.05, 0) is 38.2 Å². The van der Waals surface area contributed by atoms with Crippen molar-refractivity contribution in [2.75, 3.05) is 21.2 Å². The topological polar surface area (TPSA) is 12.5 Å². The van der Waals surface area contributed by atoms with Crippen molar-refractivity contribution in [2.24, 2.45) is 0 Å². The van der Waals surface area contributed by atoms with Crippen LogP contribution >= 0.6 is 0 Å². The van der Waals surface area contributed by atoms with Crippen LogP contribution in [-0.4, -0.2) is 26.1 Å². The molecule has 0 radical (unpaired) electrons. The van der Waals surface area contributed by atoms with Crippen molar-refractivity contribution in [2.45, 2.75) is 19.4 Å². The van der Waals surface area contributed by atoms with E-state index in [2.05, 4.69) is 38.1 Å². The average molecular weight is 193 g/mol. The van der Waals surface area contributed by atoms with Gasteiger partial charge in [-0.3, -0.25) is 0 Å². The van der Waals surface area contributed by atoms with Crippen LogP contribution in [-0.2, 0) is 0 Å².